The first kappa shape index (κ1) is 16.6. The van der Waals surface area contributed by atoms with Gasteiger partial charge in [-0.25, -0.2) is 0 Å². The molecule has 0 spiro atoms. The molecule has 3 aromatic carbocycles. The second-order valence-electron chi connectivity index (χ2n) is 5.70. The van der Waals surface area contributed by atoms with Gasteiger partial charge in [-0.2, -0.15) is 0 Å². The quantitative estimate of drug-likeness (QED) is 0.540. The Kier molecular flexibility index (Phi) is 4.34. The maximum Gasteiger partial charge on any atom is 0.259 e. The van der Waals surface area contributed by atoms with Crippen LogP contribution in [0.3, 0.4) is 0 Å². The van der Waals surface area contributed by atoms with Gasteiger partial charge in [-0.3, -0.25) is 9.59 Å². The van der Waals surface area contributed by atoms with Crippen molar-refractivity contribution >= 4 is 45.8 Å². The summed E-state index contributed by atoms with van der Waals surface area (Å²) in [6.07, 6.45) is 0. The summed E-state index contributed by atoms with van der Waals surface area (Å²) in [5.41, 5.74) is 2.08. The highest BCUT2D eigenvalue weighted by Crippen LogP contribution is 2.36. The molecule has 2 N–H and O–H groups in total. The minimum atomic E-state index is -0.282. The smallest absolute Gasteiger partial charge is 0.259 e. The van der Waals surface area contributed by atoms with Crippen molar-refractivity contribution in [2.24, 2.45) is 0 Å². The number of fused-ring (bicyclic) bond motifs is 2. The molecule has 2 amide bonds. The van der Waals surface area contributed by atoms with E-state index in [1.54, 1.807) is 36.4 Å². The van der Waals surface area contributed by atoms with Crippen molar-refractivity contribution < 1.29 is 14.3 Å². The second-order valence-corrected chi connectivity index (χ2v) is 6.86. The lowest BCUT2D eigenvalue weighted by Gasteiger charge is -2.10. The summed E-state index contributed by atoms with van der Waals surface area (Å²) in [5, 5.41) is 5.65. The van der Waals surface area contributed by atoms with Gasteiger partial charge in [-0.15, -0.1) is 0 Å². The van der Waals surface area contributed by atoms with Crippen LogP contribution in [0.5, 0.6) is 11.5 Å². The van der Waals surface area contributed by atoms with Crippen LogP contribution in [-0.2, 0) is 0 Å². The van der Waals surface area contributed by atoms with E-state index in [1.807, 2.05) is 30.3 Å². The third kappa shape index (κ3) is 3.15. The van der Waals surface area contributed by atoms with Crippen molar-refractivity contribution in [1.82, 2.24) is 0 Å². The Morgan fingerprint density at radius 1 is 0.962 bits per heavy atom. The minimum Gasteiger partial charge on any atom is -0.454 e. The molecular formula is C20H13IN2O3. The van der Waals surface area contributed by atoms with Crippen molar-refractivity contribution in [3.05, 3.63) is 81.4 Å². The average molecular weight is 456 g/mol. The third-order valence-corrected chi connectivity index (χ3v) is 4.90. The van der Waals surface area contributed by atoms with Crippen molar-refractivity contribution in [2.75, 3.05) is 10.6 Å². The molecule has 0 aromatic heterocycles. The van der Waals surface area contributed by atoms with Crippen LogP contribution in [0.4, 0.5) is 11.4 Å². The number of ether oxygens (including phenoxy) is 1. The molecule has 1 heterocycles. The van der Waals surface area contributed by atoms with Crippen LogP contribution in [0.15, 0.2) is 66.7 Å². The second kappa shape index (κ2) is 6.80. The number of amides is 2. The van der Waals surface area contributed by atoms with Gasteiger partial charge in [0, 0.05) is 9.26 Å². The van der Waals surface area contributed by atoms with Crippen LogP contribution >= 0.6 is 22.6 Å². The first-order valence-electron chi connectivity index (χ1n) is 7.90. The van der Waals surface area contributed by atoms with E-state index < -0.39 is 0 Å². The molecule has 0 unspecified atom stereocenters. The van der Waals surface area contributed by atoms with Gasteiger partial charge in [-0.05, 0) is 65.1 Å². The molecule has 0 bridgehead atoms. The zero-order valence-electron chi connectivity index (χ0n) is 13.5. The normalized spacial score (nSPS) is 12.1. The van der Waals surface area contributed by atoms with Crippen molar-refractivity contribution in [3.8, 4) is 11.5 Å². The Balaban J connectivity index is 1.64. The molecule has 0 atom stereocenters. The Hall–Kier alpha value is -2.87. The summed E-state index contributed by atoms with van der Waals surface area (Å²) < 4.78 is 6.69. The highest BCUT2D eigenvalue weighted by molar-refractivity contribution is 14.1. The van der Waals surface area contributed by atoms with Crippen LogP contribution < -0.4 is 15.4 Å². The van der Waals surface area contributed by atoms with Gasteiger partial charge >= 0.3 is 0 Å². The highest BCUT2D eigenvalue weighted by Gasteiger charge is 2.21. The number of anilines is 2. The minimum absolute atomic E-state index is 0.229. The highest BCUT2D eigenvalue weighted by atomic mass is 127. The first-order valence-corrected chi connectivity index (χ1v) is 8.98. The molecule has 0 radical (unpaired) electrons. The molecule has 128 valence electrons. The van der Waals surface area contributed by atoms with Gasteiger partial charge in [0.15, 0.2) is 5.75 Å². The summed E-state index contributed by atoms with van der Waals surface area (Å²) in [6.45, 7) is 0. The molecule has 3 aromatic rings. The van der Waals surface area contributed by atoms with E-state index in [2.05, 4.69) is 33.2 Å². The summed E-state index contributed by atoms with van der Waals surface area (Å²) in [5.74, 6) is 0.512. The fourth-order valence-corrected chi connectivity index (χ4v) is 3.32. The van der Waals surface area contributed by atoms with E-state index >= 15 is 0 Å². The molecule has 0 saturated carbocycles. The Bertz CT molecular complexity index is 1030. The number of nitrogens with one attached hydrogen (secondary N) is 2. The van der Waals surface area contributed by atoms with E-state index in [-0.39, 0.29) is 11.8 Å². The number of hydrogen-bond acceptors (Lipinski definition) is 3. The number of para-hydroxylation sites is 2. The molecule has 0 saturated heterocycles. The van der Waals surface area contributed by atoms with Crippen LogP contribution in [0.25, 0.3) is 0 Å². The van der Waals surface area contributed by atoms with Gasteiger partial charge in [0.05, 0.1) is 16.8 Å². The third-order valence-electron chi connectivity index (χ3n) is 3.96. The Morgan fingerprint density at radius 3 is 2.58 bits per heavy atom. The van der Waals surface area contributed by atoms with Crippen LogP contribution in [0.1, 0.15) is 20.7 Å². The van der Waals surface area contributed by atoms with Crippen LogP contribution in [0, 0.1) is 3.57 Å². The largest absolute Gasteiger partial charge is 0.454 e. The molecule has 26 heavy (non-hydrogen) atoms. The van der Waals surface area contributed by atoms with Gasteiger partial charge in [0.25, 0.3) is 11.8 Å². The lowest BCUT2D eigenvalue weighted by Crippen LogP contribution is -2.15. The molecule has 1 aliphatic rings. The van der Waals surface area contributed by atoms with Crippen molar-refractivity contribution in [1.29, 1.82) is 0 Å². The SMILES string of the molecule is O=C(Nc1ccc2c(c1)C(=O)Nc1ccccc1O2)c1ccccc1I. The van der Waals surface area contributed by atoms with Crippen LogP contribution in [-0.4, -0.2) is 11.8 Å². The fraction of sp³-hybridized carbons (Fsp3) is 0. The van der Waals surface area contributed by atoms with E-state index in [9.17, 15) is 9.59 Å². The Morgan fingerprint density at radius 2 is 1.73 bits per heavy atom. The maximum absolute atomic E-state index is 12.5. The number of halogens is 1. The van der Waals surface area contributed by atoms with E-state index in [0.717, 1.165) is 3.57 Å². The standard InChI is InChI=1S/C20H13IN2O3/c21-15-6-2-1-5-13(15)19(24)22-12-9-10-17-14(11-12)20(25)23-16-7-3-4-8-18(16)26-17/h1-11H,(H,22,24)(H,23,25). The summed E-state index contributed by atoms with van der Waals surface area (Å²) in [4.78, 5) is 25.0. The monoisotopic (exact) mass is 456 g/mol. The van der Waals surface area contributed by atoms with E-state index in [4.69, 9.17) is 4.74 Å². The fourth-order valence-electron chi connectivity index (χ4n) is 2.68. The van der Waals surface area contributed by atoms with E-state index in [1.165, 1.54) is 0 Å². The molecule has 0 fully saturated rings. The molecule has 6 heteroatoms. The lowest BCUT2D eigenvalue weighted by molar-refractivity contribution is 0.101. The summed E-state index contributed by atoms with van der Waals surface area (Å²) >= 11 is 2.12. The topological polar surface area (TPSA) is 67.4 Å². The average Bonchev–Trinajstić information content (AvgIpc) is 2.78. The first-order chi connectivity index (χ1) is 12.6. The number of hydrogen-bond donors (Lipinski definition) is 2. The zero-order valence-corrected chi connectivity index (χ0v) is 15.6. The Labute approximate surface area is 163 Å². The van der Waals surface area contributed by atoms with Gasteiger partial charge in [0.2, 0.25) is 0 Å². The summed E-state index contributed by atoms with van der Waals surface area (Å²) in [7, 11) is 0. The molecular weight excluding hydrogens is 443 g/mol. The maximum atomic E-state index is 12.5. The number of carbonyl (C=O) groups excluding carboxylic acids is 2. The number of benzene rings is 3. The van der Waals surface area contributed by atoms with Crippen LogP contribution in [0.2, 0.25) is 0 Å². The van der Waals surface area contributed by atoms with Gasteiger partial charge in [-0.1, -0.05) is 24.3 Å². The predicted molar refractivity (Wildman–Crippen MR) is 108 cm³/mol. The van der Waals surface area contributed by atoms with Crippen molar-refractivity contribution in [2.45, 2.75) is 0 Å². The summed E-state index contributed by atoms with van der Waals surface area (Å²) in [6, 6.07) is 19.6. The van der Waals surface area contributed by atoms with Crippen molar-refractivity contribution in [3.63, 3.8) is 0 Å². The number of carbonyl (C=O) groups is 2. The molecule has 1 aliphatic heterocycles. The van der Waals surface area contributed by atoms with Gasteiger partial charge < -0.3 is 15.4 Å². The molecule has 5 nitrogen and oxygen atoms in total. The lowest BCUT2D eigenvalue weighted by atomic mass is 10.1. The molecule has 0 aliphatic carbocycles. The molecule has 4 rings (SSSR count). The van der Waals surface area contributed by atoms with Gasteiger partial charge in [0.1, 0.15) is 5.75 Å². The number of rotatable bonds is 2. The zero-order chi connectivity index (χ0) is 18.1. The predicted octanol–water partition coefficient (Wildman–Crippen LogP) is 4.90. The van der Waals surface area contributed by atoms with E-state index in [0.29, 0.717) is 34.0 Å².